The maximum atomic E-state index is 9.29. The molecule has 0 saturated heterocycles. The molecule has 0 atom stereocenters. The summed E-state index contributed by atoms with van der Waals surface area (Å²) in [7, 11) is 0. The van der Waals surface area contributed by atoms with Crippen molar-refractivity contribution in [1.29, 1.82) is 0 Å². The average molecular weight is 297 g/mol. The molecule has 0 saturated carbocycles. The van der Waals surface area contributed by atoms with Crippen molar-refractivity contribution >= 4 is 17.0 Å². The van der Waals surface area contributed by atoms with Crippen molar-refractivity contribution < 1.29 is 5.11 Å². The fourth-order valence-corrected chi connectivity index (χ4v) is 2.77. The molecule has 4 nitrogen and oxygen atoms in total. The molecular formula is C16H15N3OS. The summed E-state index contributed by atoms with van der Waals surface area (Å²) in [4.78, 5) is 8.69. The van der Waals surface area contributed by atoms with Crippen molar-refractivity contribution in [3.05, 3.63) is 64.7 Å². The third-order valence-corrected chi connectivity index (χ3v) is 3.98. The topological polar surface area (TPSA) is 58.0 Å². The van der Waals surface area contributed by atoms with Gasteiger partial charge in [0.2, 0.25) is 0 Å². The molecule has 0 fully saturated rings. The van der Waals surface area contributed by atoms with Crippen LogP contribution < -0.4 is 5.32 Å². The van der Waals surface area contributed by atoms with Crippen molar-refractivity contribution in [3.63, 3.8) is 0 Å². The predicted octanol–water partition coefficient (Wildman–Crippen LogP) is 3.31. The zero-order valence-electron chi connectivity index (χ0n) is 11.4. The summed E-state index contributed by atoms with van der Waals surface area (Å²) in [5.74, 6) is 0. The molecule has 0 spiro atoms. The van der Waals surface area contributed by atoms with E-state index in [4.69, 9.17) is 0 Å². The van der Waals surface area contributed by atoms with Gasteiger partial charge in [0, 0.05) is 22.7 Å². The van der Waals surface area contributed by atoms with Crippen LogP contribution in [-0.4, -0.2) is 15.1 Å². The van der Waals surface area contributed by atoms with Crippen LogP contribution in [0.3, 0.4) is 0 Å². The van der Waals surface area contributed by atoms with E-state index in [2.05, 4.69) is 32.8 Å². The molecule has 2 aromatic heterocycles. The Hall–Kier alpha value is -2.24. The number of thiazole rings is 1. The number of hydrogen-bond acceptors (Lipinski definition) is 5. The Morgan fingerprint density at radius 1 is 1.14 bits per heavy atom. The minimum absolute atomic E-state index is 0.00200. The number of aliphatic hydroxyl groups is 1. The van der Waals surface area contributed by atoms with Crippen LogP contribution in [-0.2, 0) is 13.2 Å². The van der Waals surface area contributed by atoms with Crippen molar-refractivity contribution in [3.8, 4) is 11.3 Å². The van der Waals surface area contributed by atoms with Crippen molar-refractivity contribution in [2.24, 2.45) is 0 Å². The number of aromatic nitrogens is 2. The van der Waals surface area contributed by atoms with E-state index in [1.54, 1.807) is 29.8 Å². The van der Waals surface area contributed by atoms with Gasteiger partial charge in [-0.1, -0.05) is 30.3 Å². The Morgan fingerprint density at radius 2 is 2.00 bits per heavy atom. The first-order valence-electron chi connectivity index (χ1n) is 6.64. The van der Waals surface area contributed by atoms with Gasteiger partial charge in [-0.15, -0.1) is 11.3 Å². The normalized spacial score (nSPS) is 10.5. The summed E-state index contributed by atoms with van der Waals surface area (Å²) in [5, 5.41) is 15.6. The minimum atomic E-state index is -0.00200. The SMILES string of the molecule is OCc1ccncc1NCc1nc(-c2ccccc2)cs1. The Balaban J connectivity index is 1.71. The van der Waals surface area contributed by atoms with Crippen LogP contribution in [0.5, 0.6) is 0 Å². The number of nitrogens with zero attached hydrogens (tertiary/aromatic N) is 2. The fourth-order valence-electron chi connectivity index (χ4n) is 2.02. The summed E-state index contributed by atoms with van der Waals surface area (Å²) in [6.45, 7) is 0.619. The van der Waals surface area contributed by atoms with Gasteiger partial charge in [0.1, 0.15) is 5.01 Å². The molecule has 3 rings (SSSR count). The van der Waals surface area contributed by atoms with Gasteiger partial charge in [-0.05, 0) is 6.07 Å². The molecule has 0 aliphatic heterocycles. The largest absolute Gasteiger partial charge is 0.392 e. The van der Waals surface area contributed by atoms with E-state index in [9.17, 15) is 5.11 Å². The molecule has 1 aromatic carbocycles. The van der Waals surface area contributed by atoms with Crippen molar-refractivity contribution in [2.45, 2.75) is 13.2 Å². The van der Waals surface area contributed by atoms with Crippen LogP contribution in [0.4, 0.5) is 5.69 Å². The third-order valence-electron chi connectivity index (χ3n) is 3.13. The van der Waals surface area contributed by atoms with Crippen LogP contribution >= 0.6 is 11.3 Å². The quantitative estimate of drug-likeness (QED) is 0.758. The molecule has 21 heavy (non-hydrogen) atoms. The number of benzene rings is 1. The second-order valence-corrected chi connectivity index (χ2v) is 5.48. The van der Waals surface area contributed by atoms with Crippen LogP contribution in [0.25, 0.3) is 11.3 Å². The second-order valence-electron chi connectivity index (χ2n) is 4.54. The van der Waals surface area contributed by atoms with Crippen molar-refractivity contribution in [2.75, 3.05) is 5.32 Å². The lowest BCUT2D eigenvalue weighted by molar-refractivity contribution is 0.282. The number of anilines is 1. The van der Waals surface area contributed by atoms with Crippen LogP contribution in [0.1, 0.15) is 10.6 Å². The number of hydrogen-bond donors (Lipinski definition) is 2. The Bertz CT molecular complexity index is 712. The molecule has 0 radical (unpaired) electrons. The molecule has 0 amide bonds. The van der Waals surface area contributed by atoms with Gasteiger partial charge in [0.15, 0.2) is 0 Å². The fraction of sp³-hybridized carbons (Fsp3) is 0.125. The first-order chi connectivity index (χ1) is 10.4. The van der Waals surface area contributed by atoms with Gasteiger partial charge < -0.3 is 10.4 Å². The zero-order valence-corrected chi connectivity index (χ0v) is 12.2. The van der Waals surface area contributed by atoms with E-state index in [0.717, 1.165) is 27.5 Å². The van der Waals surface area contributed by atoms with E-state index in [1.165, 1.54) is 0 Å². The lowest BCUT2D eigenvalue weighted by Gasteiger charge is -2.07. The lowest BCUT2D eigenvalue weighted by atomic mass is 10.2. The number of aliphatic hydroxyl groups excluding tert-OH is 1. The smallest absolute Gasteiger partial charge is 0.112 e. The standard InChI is InChI=1S/C16H15N3OS/c20-10-13-6-7-17-8-14(13)18-9-16-19-15(11-21-16)12-4-2-1-3-5-12/h1-8,11,18,20H,9-10H2. The van der Waals surface area contributed by atoms with Crippen LogP contribution in [0.2, 0.25) is 0 Å². The van der Waals surface area contributed by atoms with Gasteiger partial charge >= 0.3 is 0 Å². The molecule has 106 valence electrons. The summed E-state index contributed by atoms with van der Waals surface area (Å²) < 4.78 is 0. The number of nitrogens with one attached hydrogen (secondary N) is 1. The minimum Gasteiger partial charge on any atom is -0.392 e. The molecule has 2 heterocycles. The van der Waals surface area contributed by atoms with E-state index in [-0.39, 0.29) is 6.61 Å². The molecule has 5 heteroatoms. The molecule has 0 aliphatic rings. The zero-order chi connectivity index (χ0) is 14.5. The van der Waals surface area contributed by atoms with E-state index in [1.807, 2.05) is 18.2 Å². The van der Waals surface area contributed by atoms with E-state index in [0.29, 0.717) is 6.54 Å². The number of pyridine rings is 1. The monoisotopic (exact) mass is 297 g/mol. The molecule has 2 N–H and O–H groups in total. The highest BCUT2D eigenvalue weighted by Gasteiger charge is 2.05. The molecule has 0 unspecified atom stereocenters. The molecular weight excluding hydrogens is 282 g/mol. The van der Waals surface area contributed by atoms with Gasteiger partial charge in [-0.2, -0.15) is 0 Å². The lowest BCUT2D eigenvalue weighted by Crippen LogP contribution is -2.02. The molecule has 0 bridgehead atoms. The summed E-state index contributed by atoms with van der Waals surface area (Å²) in [5.41, 5.74) is 3.80. The van der Waals surface area contributed by atoms with Gasteiger partial charge in [-0.25, -0.2) is 4.98 Å². The Kier molecular flexibility index (Phi) is 4.23. The maximum Gasteiger partial charge on any atom is 0.112 e. The summed E-state index contributed by atoms with van der Waals surface area (Å²) in [6.07, 6.45) is 3.39. The van der Waals surface area contributed by atoms with Gasteiger partial charge in [0.05, 0.1) is 30.7 Å². The average Bonchev–Trinajstić information content (AvgIpc) is 3.03. The third kappa shape index (κ3) is 3.26. The van der Waals surface area contributed by atoms with Crippen LogP contribution in [0.15, 0.2) is 54.2 Å². The number of rotatable bonds is 5. The second kappa shape index (κ2) is 6.47. The van der Waals surface area contributed by atoms with Crippen molar-refractivity contribution in [1.82, 2.24) is 9.97 Å². The Morgan fingerprint density at radius 3 is 2.81 bits per heavy atom. The predicted molar refractivity (Wildman–Crippen MR) is 85.0 cm³/mol. The molecule has 3 aromatic rings. The van der Waals surface area contributed by atoms with Crippen LogP contribution in [0, 0.1) is 0 Å². The van der Waals surface area contributed by atoms with Gasteiger partial charge in [0.25, 0.3) is 0 Å². The van der Waals surface area contributed by atoms with E-state index < -0.39 is 0 Å². The summed E-state index contributed by atoms with van der Waals surface area (Å²) >= 11 is 1.62. The highest BCUT2D eigenvalue weighted by Crippen LogP contribution is 2.22. The molecule has 0 aliphatic carbocycles. The first kappa shape index (κ1) is 13.7. The summed E-state index contributed by atoms with van der Waals surface area (Å²) in [6, 6.07) is 11.9. The first-order valence-corrected chi connectivity index (χ1v) is 7.52. The van der Waals surface area contributed by atoms with Gasteiger partial charge in [-0.3, -0.25) is 4.98 Å². The Labute approximate surface area is 127 Å². The highest BCUT2D eigenvalue weighted by atomic mass is 32.1. The highest BCUT2D eigenvalue weighted by molar-refractivity contribution is 7.09. The maximum absolute atomic E-state index is 9.29. The van der Waals surface area contributed by atoms with E-state index >= 15 is 0 Å².